The summed E-state index contributed by atoms with van der Waals surface area (Å²) in [4.78, 5) is 4.76. The number of nitrogens with zero attached hydrogens (tertiary/aromatic N) is 2. The second-order valence-corrected chi connectivity index (χ2v) is 6.10. The Balaban J connectivity index is 2.10. The fraction of sp³-hybridized carbons (Fsp3) is 0.500. The standard InChI is InChI=1S/C14H18BrN3/c1-9-7-12-17-13(10-5-3-2-4-6-10)14(16)18(12)8-11(9)15/h7-8,10H,2-6,16H2,1H3. The molecule has 1 aliphatic rings. The van der Waals surface area contributed by atoms with Crippen LogP contribution >= 0.6 is 15.9 Å². The number of aromatic nitrogens is 2. The zero-order valence-electron chi connectivity index (χ0n) is 10.6. The van der Waals surface area contributed by atoms with E-state index in [-0.39, 0.29) is 0 Å². The van der Waals surface area contributed by atoms with Gasteiger partial charge < -0.3 is 5.73 Å². The lowest BCUT2D eigenvalue weighted by Gasteiger charge is -2.20. The smallest absolute Gasteiger partial charge is 0.139 e. The van der Waals surface area contributed by atoms with E-state index in [1.807, 2.05) is 10.6 Å². The molecular weight excluding hydrogens is 290 g/mol. The minimum atomic E-state index is 0.553. The number of halogens is 1. The monoisotopic (exact) mass is 307 g/mol. The Bertz CT molecular complexity index is 582. The van der Waals surface area contributed by atoms with Crippen LogP contribution in [0, 0.1) is 6.92 Å². The van der Waals surface area contributed by atoms with Crippen LogP contribution in [0.25, 0.3) is 5.65 Å². The third kappa shape index (κ3) is 1.92. The van der Waals surface area contributed by atoms with Crippen LogP contribution in [-0.4, -0.2) is 9.38 Å². The van der Waals surface area contributed by atoms with Crippen molar-refractivity contribution in [1.29, 1.82) is 0 Å². The van der Waals surface area contributed by atoms with Gasteiger partial charge in [0.2, 0.25) is 0 Å². The van der Waals surface area contributed by atoms with E-state index in [1.165, 1.54) is 37.7 Å². The fourth-order valence-corrected chi connectivity index (χ4v) is 3.19. The number of nitrogen functional groups attached to an aromatic ring is 1. The van der Waals surface area contributed by atoms with Gasteiger partial charge in [-0.1, -0.05) is 19.3 Å². The first-order valence-electron chi connectivity index (χ1n) is 6.60. The van der Waals surface area contributed by atoms with Crippen molar-refractivity contribution in [2.24, 2.45) is 0 Å². The highest BCUT2D eigenvalue weighted by atomic mass is 79.9. The van der Waals surface area contributed by atoms with Gasteiger partial charge in [0.05, 0.1) is 5.69 Å². The van der Waals surface area contributed by atoms with Crippen molar-refractivity contribution in [2.75, 3.05) is 5.73 Å². The third-order valence-electron chi connectivity index (χ3n) is 3.96. The number of nitrogens with two attached hydrogens (primary N) is 1. The van der Waals surface area contributed by atoms with Crippen LogP contribution in [0.1, 0.15) is 49.3 Å². The first kappa shape index (κ1) is 12.0. The lowest BCUT2D eigenvalue weighted by atomic mass is 9.87. The average Bonchev–Trinajstić information content (AvgIpc) is 2.69. The number of hydrogen-bond donors (Lipinski definition) is 1. The van der Waals surface area contributed by atoms with Gasteiger partial charge in [-0.15, -0.1) is 0 Å². The zero-order valence-corrected chi connectivity index (χ0v) is 12.2. The minimum absolute atomic E-state index is 0.553. The SMILES string of the molecule is Cc1cc2nc(C3CCCCC3)c(N)n2cc1Br. The number of rotatable bonds is 1. The number of hydrogen-bond acceptors (Lipinski definition) is 2. The first-order valence-corrected chi connectivity index (χ1v) is 7.39. The minimum Gasteiger partial charge on any atom is -0.383 e. The molecule has 3 nitrogen and oxygen atoms in total. The van der Waals surface area contributed by atoms with Crippen LogP contribution in [0.3, 0.4) is 0 Å². The number of aryl methyl sites for hydroxylation is 1. The van der Waals surface area contributed by atoms with Gasteiger partial charge in [0, 0.05) is 16.6 Å². The fourth-order valence-electron chi connectivity index (χ4n) is 2.87. The molecule has 2 heterocycles. The first-order chi connectivity index (χ1) is 8.66. The van der Waals surface area contributed by atoms with Gasteiger partial charge in [-0.05, 0) is 47.3 Å². The summed E-state index contributed by atoms with van der Waals surface area (Å²) in [6.07, 6.45) is 8.46. The summed E-state index contributed by atoms with van der Waals surface area (Å²) < 4.78 is 3.08. The molecule has 0 saturated heterocycles. The number of imidazole rings is 1. The average molecular weight is 308 g/mol. The van der Waals surface area contributed by atoms with Crippen LogP contribution in [0.4, 0.5) is 5.82 Å². The topological polar surface area (TPSA) is 43.3 Å². The van der Waals surface area contributed by atoms with Crippen molar-refractivity contribution >= 4 is 27.4 Å². The van der Waals surface area contributed by atoms with Crippen LogP contribution in [0.2, 0.25) is 0 Å². The summed E-state index contributed by atoms with van der Waals surface area (Å²) in [7, 11) is 0. The molecule has 1 saturated carbocycles. The Morgan fingerprint density at radius 1 is 1.33 bits per heavy atom. The molecule has 2 N–H and O–H groups in total. The highest BCUT2D eigenvalue weighted by Gasteiger charge is 2.22. The van der Waals surface area contributed by atoms with Crippen molar-refractivity contribution in [2.45, 2.75) is 44.9 Å². The molecule has 0 unspecified atom stereocenters. The lowest BCUT2D eigenvalue weighted by Crippen LogP contribution is -2.07. The molecule has 18 heavy (non-hydrogen) atoms. The van der Waals surface area contributed by atoms with Gasteiger partial charge in [-0.2, -0.15) is 0 Å². The Hall–Kier alpha value is -1.03. The van der Waals surface area contributed by atoms with Gasteiger partial charge in [0.25, 0.3) is 0 Å². The Morgan fingerprint density at radius 2 is 2.06 bits per heavy atom. The van der Waals surface area contributed by atoms with E-state index in [0.29, 0.717) is 5.92 Å². The maximum absolute atomic E-state index is 6.27. The normalized spacial score (nSPS) is 17.4. The molecule has 0 aromatic carbocycles. The highest BCUT2D eigenvalue weighted by molar-refractivity contribution is 9.10. The molecule has 0 bridgehead atoms. The Labute approximate surface area is 116 Å². The maximum Gasteiger partial charge on any atom is 0.139 e. The van der Waals surface area contributed by atoms with Crippen molar-refractivity contribution < 1.29 is 0 Å². The molecule has 3 rings (SSSR count). The molecule has 0 aliphatic heterocycles. The van der Waals surface area contributed by atoms with Crippen LogP contribution < -0.4 is 5.73 Å². The van der Waals surface area contributed by atoms with Crippen molar-refractivity contribution in [1.82, 2.24) is 9.38 Å². The molecule has 96 valence electrons. The van der Waals surface area contributed by atoms with E-state index in [0.717, 1.165) is 21.6 Å². The molecule has 0 spiro atoms. The van der Waals surface area contributed by atoms with Crippen molar-refractivity contribution in [3.05, 3.63) is 28.0 Å². The predicted molar refractivity (Wildman–Crippen MR) is 77.9 cm³/mol. The number of anilines is 1. The van der Waals surface area contributed by atoms with Crippen LogP contribution in [-0.2, 0) is 0 Å². The summed E-state index contributed by atoms with van der Waals surface area (Å²) in [5.74, 6) is 1.37. The Kier molecular flexibility index (Phi) is 3.06. The molecule has 0 atom stereocenters. The summed E-state index contributed by atoms with van der Waals surface area (Å²) in [5.41, 5.74) is 9.54. The third-order valence-corrected chi connectivity index (χ3v) is 4.79. The molecule has 4 heteroatoms. The van der Waals surface area contributed by atoms with E-state index >= 15 is 0 Å². The molecule has 0 radical (unpaired) electrons. The van der Waals surface area contributed by atoms with Crippen molar-refractivity contribution in [3.8, 4) is 0 Å². The summed E-state index contributed by atoms with van der Waals surface area (Å²) >= 11 is 3.55. The van der Waals surface area contributed by atoms with Crippen LogP contribution in [0.5, 0.6) is 0 Å². The van der Waals surface area contributed by atoms with Crippen LogP contribution in [0.15, 0.2) is 16.7 Å². The second kappa shape index (κ2) is 4.57. The molecule has 2 aromatic heterocycles. The molecular formula is C14H18BrN3. The van der Waals surface area contributed by atoms with E-state index in [1.54, 1.807) is 0 Å². The molecule has 2 aromatic rings. The summed E-state index contributed by atoms with van der Waals surface area (Å²) in [6, 6.07) is 2.09. The maximum atomic E-state index is 6.27. The van der Waals surface area contributed by atoms with E-state index in [9.17, 15) is 0 Å². The molecule has 1 aliphatic carbocycles. The van der Waals surface area contributed by atoms with Gasteiger partial charge in [-0.3, -0.25) is 4.40 Å². The Morgan fingerprint density at radius 3 is 2.78 bits per heavy atom. The van der Waals surface area contributed by atoms with E-state index in [4.69, 9.17) is 10.7 Å². The van der Waals surface area contributed by atoms with E-state index < -0.39 is 0 Å². The highest BCUT2D eigenvalue weighted by Crippen LogP contribution is 2.35. The van der Waals surface area contributed by atoms with Gasteiger partial charge >= 0.3 is 0 Å². The summed E-state index contributed by atoms with van der Waals surface area (Å²) in [6.45, 7) is 2.08. The van der Waals surface area contributed by atoms with Gasteiger partial charge in [-0.25, -0.2) is 4.98 Å². The number of pyridine rings is 1. The summed E-state index contributed by atoms with van der Waals surface area (Å²) in [5, 5.41) is 0. The van der Waals surface area contributed by atoms with Crippen molar-refractivity contribution in [3.63, 3.8) is 0 Å². The predicted octanol–water partition coefficient (Wildman–Crippen LogP) is 4.04. The zero-order chi connectivity index (χ0) is 12.7. The largest absolute Gasteiger partial charge is 0.383 e. The molecule has 0 amide bonds. The quantitative estimate of drug-likeness (QED) is 0.864. The molecule has 1 fully saturated rings. The van der Waals surface area contributed by atoms with Gasteiger partial charge in [0.15, 0.2) is 0 Å². The van der Waals surface area contributed by atoms with Gasteiger partial charge in [0.1, 0.15) is 11.5 Å². The van der Waals surface area contributed by atoms with E-state index in [2.05, 4.69) is 28.9 Å². The lowest BCUT2D eigenvalue weighted by molar-refractivity contribution is 0.439. The second-order valence-electron chi connectivity index (χ2n) is 5.25. The number of fused-ring (bicyclic) bond motifs is 1.